The Hall–Kier alpha value is -2.17. The number of carbonyl (C=O) groups is 1. The van der Waals surface area contributed by atoms with Crippen molar-refractivity contribution in [2.75, 3.05) is 5.32 Å². The van der Waals surface area contributed by atoms with E-state index in [-0.39, 0.29) is 11.7 Å². The standard InChI is InChI=1S/C13H14FN3O/c1-2-13(18)16-11-7-15-17(9-11)8-10-5-3-4-6-12(10)14/h3-7,9H,2,8H2,1H3,(H,16,18). The van der Waals surface area contributed by atoms with E-state index in [9.17, 15) is 9.18 Å². The molecule has 0 radical (unpaired) electrons. The van der Waals surface area contributed by atoms with E-state index in [1.54, 1.807) is 42.2 Å². The van der Waals surface area contributed by atoms with Crippen molar-refractivity contribution in [1.29, 1.82) is 0 Å². The zero-order chi connectivity index (χ0) is 13.0. The molecule has 2 rings (SSSR count). The summed E-state index contributed by atoms with van der Waals surface area (Å²) < 4.78 is 15.0. The minimum atomic E-state index is -0.257. The summed E-state index contributed by atoms with van der Waals surface area (Å²) in [6.45, 7) is 2.12. The van der Waals surface area contributed by atoms with Gasteiger partial charge in [-0.25, -0.2) is 4.39 Å². The summed E-state index contributed by atoms with van der Waals surface area (Å²) in [5, 5.41) is 6.77. The second kappa shape index (κ2) is 5.44. The number of carbonyl (C=O) groups excluding carboxylic acids is 1. The van der Waals surface area contributed by atoms with Crippen LogP contribution in [-0.4, -0.2) is 15.7 Å². The van der Waals surface area contributed by atoms with E-state index in [0.29, 0.717) is 24.2 Å². The number of aromatic nitrogens is 2. The number of benzene rings is 1. The Morgan fingerprint density at radius 1 is 1.44 bits per heavy atom. The smallest absolute Gasteiger partial charge is 0.224 e. The average Bonchev–Trinajstić information content (AvgIpc) is 2.79. The highest BCUT2D eigenvalue weighted by molar-refractivity contribution is 5.90. The van der Waals surface area contributed by atoms with Crippen LogP contribution in [0.4, 0.5) is 10.1 Å². The molecule has 4 nitrogen and oxygen atoms in total. The first-order valence-electron chi connectivity index (χ1n) is 5.74. The van der Waals surface area contributed by atoms with Gasteiger partial charge in [-0.1, -0.05) is 25.1 Å². The molecule has 0 aliphatic rings. The Labute approximate surface area is 104 Å². The monoisotopic (exact) mass is 247 g/mol. The van der Waals surface area contributed by atoms with Crippen LogP contribution < -0.4 is 5.32 Å². The molecule has 1 aromatic carbocycles. The van der Waals surface area contributed by atoms with Gasteiger partial charge in [-0.05, 0) is 6.07 Å². The molecule has 0 fully saturated rings. The second-order valence-corrected chi connectivity index (χ2v) is 3.92. The topological polar surface area (TPSA) is 46.9 Å². The van der Waals surface area contributed by atoms with Crippen LogP contribution >= 0.6 is 0 Å². The number of hydrogen-bond acceptors (Lipinski definition) is 2. The molecular formula is C13H14FN3O. The predicted octanol–water partition coefficient (Wildman–Crippen LogP) is 2.42. The molecule has 0 unspecified atom stereocenters. The summed E-state index contributed by atoms with van der Waals surface area (Å²) in [5.74, 6) is -0.326. The lowest BCUT2D eigenvalue weighted by Crippen LogP contribution is -2.08. The van der Waals surface area contributed by atoms with Gasteiger partial charge in [-0.2, -0.15) is 5.10 Å². The first-order valence-corrected chi connectivity index (χ1v) is 5.74. The van der Waals surface area contributed by atoms with Crippen LogP contribution in [0.25, 0.3) is 0 Å². The van der Waals surface area contributed by atoms with Gasteiger partial charge in [-0.3, -0.25) is 9.48 Å². The molecule has 1 heterocycles. The van der Waals surface area contributed by atoms with Gasteiger partial charge >= 0.3 is 0 Å². The zero-order valence-corrected chi connectivity index (χ0v) is 10.1. The molecule has 0 saturated carbocycles. The van der Waals surface area contributed by atoms with Crippen LogP contribution in [0.15, 0.2) is 36.7 Å². The van der Waals surface area contributed by atoms with E-state index in [0.717, 1.165) is 0 Å². The Balaban J connectivity index is 2.07. The molecule has 94 valence electrons. The Morgan fingerprint density at radius 3 is 2.94 bits per heavy atom. The van der Waals surface area contributed by atoms with Crippen LogP contribution in [0.2, 0.25) is 0 Å². The highest BCUT2D eigenvalue weighted by Crippen LogP contribution is 2.11. The van der Waals surface area contributed by atoms with Crippen molar-refractivity contribution in [3.8, 4) is 0 Å². The molecule has 2 aromatic rings. The predicted molar refractivity (Wildman–Crippen MR) is 66.6 cm³/mol. The lowest BCUT2D eigenvalue weighted by molar-refractivity contribution is -0.115. The SMILES string of the molecule is CCC(=O)Nc1cnn(Cc2ccccc2F)c1. The minimum absolute atomic E-state index is 0.0690. The van der Waals surface area contributed by atoms with Gasteiger partial charge in [0.15, 0.2) is 0 Å². The number of nitrogens with one attached hydrogen (secondary N) is 1. The highest BCUT2D eigenvalue weighted by atomic mass is 19.1. The fourth-order valence-corrected chi connectivity index (χ4v) is 1.57. The largest absolute Gasteiger partial charge is 0.323 e. The van der Waals surface area contributed by atoms with Crippen molar-refractivity contribution in [2.45, 2.75) is 19.9 Å². The molecule has 1 N–H and O–H groups in total. The van der Waals surface area contributed by atoms with Crippen molar-refractivity contribution in [2.24, 2.45) is 0 Å². The van der Waals surface area contributed by atoms with E-state index in [4.69, 9.17) is 0 Å². The van der Waals surface area contributed by atoms with E-state index in [2.05, 4.69) is 10.4 Å². The van der Waals surface area contributed by atoms with Gasteiger partial charge in [-0.15, -0.1) is 0 Å². The molecule has 0 spiro atoms. The molecule has 0 atom stereocenters. The van der Waals surface area contributed by atoms with E-state index in [1.165, 1.54) is 6.07 Å². The van der Waals surface area contributed by atoms with Crippen molar-refractivity contribution >= 4 is 11.6 Å². The first-order chi connectivity index (χ1) is 8.69. The van der Waals surface area contributed by atoms with Crippen molar-refractivity contribution in [3.05, 3.63) is 48.0 Å². The van der Waals surface area contributed by atoms with Gasteiger partial charge in [0.2, 0.25) is 5.91 Å². The minimum Gasteiger partial charge on any atom is -0.323 e. The molecular weight excluding hydrogens is 233 g/mol. The number of amides is 1. The van der Waals surface area contributed by atoms with Crippen molar-refractivity contribution < 1.29 is 9.18 Å². The molecule has 18 heavy (non-hydrogen) atoms. The number of halogens is 1. The third kappa shape index (κ3) is 2.94. The maximum absolute atomic E-state index is 13.4. The number of anilines is 1. The quantitative estimate of drug-likeness (QED) is 0.901. The normalized spacial score (nSPS) is 10.3. The molecule has 5 heteroatoms. The fraction of sp³-hybridized carbons (Fsp3) is 0.231. The number of rotatable bonds is 4. The molecule has 0 aliphatic heterocycles. The van der Waals surface area contributed by atoms with Gasteiger partial charge < -0.3 is 5.32 Å². The Bertz CT molecular complexity index is 551. The lowest BCUT2D eigenvalue weighted by Gasteiger charge is -2.03. The first kappa shape index (κ1) is 12.3. The van der Waals surface area contributed by atoms with Gasteiger partial charge in [0.1, 0.15) is 5.82 Å². The van der Waals surface area contributed by atoms with Crippen LogP contribution in [0.3, 0.4) is 0 Å². The molecule has 1 amide bonds. The number of nitrogens with zero attached hydrogens (tertiary/aromatic N) is 2. The maximum Gasteiger partial charge on any atom is 0.224 e. The summed E-state index contributed by atoms with van der Waals surface area (Å²) in [4.78, 5) is 11.2. The van der Waals surface area contributed by atoms with Gasteiger partial charge in [0.25, 0.3) is 0 Å². The maximum atomic E-state index is 13.4. The number of hydrogen-bond donors (Lipinski definition) is 1. The molecule has 1 aromatic heterocycles. The van der Waals surface area contributed by atoms with Gasteiger partial charge in [0, 0.05) is 18.2 Å². The van der Waals surface area contributed by atoms with E-state index < -0.39 is 0 Å². The van der Waals surface area contributed by atoms with Crippen LogP contribution in [0, 0.1) is 5.82 Å². The van der Waals surface area contributed by atoms with E-state index >= 15 is 0 Å². The fourth-order valence-electron chi connectivity index (χ4n) is 1.57. The summed E-state index contributed by atoms with van der Waals surface area (Å²) >= 11 is 0. The summed E-state index contributed by atoms with van der Waals surface area (Å²) in [7, 11) is 0. The Kier molecular flexibility index (Phi) is 3.72. The lowest BCUT2D eigenvalue weighted by atomic mass is 10.2. The summed E-state index contributed by atoms with van der Waals surface area (Å²) in [6.07, 6.45) is 3.65. The zero-order valence-electron chi connectivity index (χ0n) is 10.1. The molecule has 0 aliphatic carbocycles. The van der Waals surface area contributed by atoms with Gasteiger partial charge in [0.05, 0.1) is 18.4 Å². The van der Waals surface area contributed by atoms with Crippen molar-refractivity contribution in [3.63, 3.8) is 0 Å². The summed E-state index contributed by atoms with van der Waals surface area (Å²) in [6, 6.07) is 6.55. The molecule has 0 bridgehead atoms. The molecule has 0 saturated heterocycles. The average molecular weight is 247 g/mol. The highest BCUT2D eigenvalue weighted by Gasteiger charge is 2.05. The third-order valence-electron chi connectivity index (χ3n) is 2.53. The van der Waals surface area contributed by atoms with Crippen LogP contribution in [0.5, 0.6) is 0 Å². The van der Waals surface area contributed by atoms with E-state index in [1.807, 2.05) is 0 Å². The van der Waals surface area contributed by atoms with Crippen molar-refractivity contribution in [1.82, 2.24) is 9.78 Å². The second-order valence-electron chi connectivity index (χ2n) is 3.92. The Morgan fingerprint density at radius 2 is 2.22 bits per heavy atom. The summed E-state index contributed by atoms with van der Waals surface area (Å²) in [5.41, 5.74) is 1.19. The van der Waals surface area contributed by atoms with Crippen LogP contribution in [-0.2, 0) is 11.3 Å². The van der Waals surface area contributed by atoms with Crippen LogP contribution in [0.1, 0.15) is 18.9 Å². The third-order valence-corrected chi connectivity index (χ3v) is 2.53.